The Balaban J connectivity index is 0.000000144. The first-order valence-electron chi connectivity index (χ1n) is 15.2. The Morgan fingerprint density at radius 1 is 0.531 bits per heavy atom. The lowest BCUT2D eigenvalue weighted by molar-refractivity contribution is 0.627. The number of hydrogen-bond donors (Lipinski definition) is 0. The summed E-state index contributed by atoms with van der Waals surface area (Å²) >= 11 is 2.32. The van der Waals surface area contributed by atoms with Gasteiger partial charge in [0.15, 0.2) is 0 Å². The highest BCUT2D eigenvalue weighted by Gasteiger charge is 2.09. The van der Waals surface area contributed by atoms with Gasteiger partial charge < -0.3 is 9.13 Å². The van der Waals surface area contributed by atoms with Crippen LogP contribution in [0.3, 0.4) is 0 Å². The van der Waals surface area contributed by atoms with E-state index in [1.165, 1.54) is 33.2 Å². The Bertz CT molecular complexity index is 2420. The third kappa shape index (κ3) is 8.10. The number of rotatable bonds is 2. The summed E-state index contributed by atoms with van der Waals surface area (Å²) < 4.78 is 31.4. The SMILES string of the molecule is C#Cc1ccccn1.Fc1ccc(-n2cc(C#Cc3ccccn3)c3ccccc32)cc1.Fc1ccc(-n2cc(I)c3ccccc32)cc1. The van der Waals surface area contributed by atoms with Crippen LogP contribution in [0.15, 0.2) is 158 Å². The average Bonchev–Trinajstić information content (AvgIpc) is 3.70. The van der Waals surface area contributed by atoms with Gasteiger partial charge in [0.2, 0.25) is 0 Å². The van der Waals surface area contributed by atoms with Gasteiger partial charge in [0.25, 0.3) is 0 Å². The number of halogens is 3. The number of pyridine rings is 2. The summed E-state index contributed by atoms with van der Waals surface area (Å²) in [5.74, 6) is 8.25. The standard InChI is InChI=1S/C21H13FN2.C14H9FIN.C7H5N/c22-17-9-12-19(13-10-17)24-15-16(20-6-1-2-7-21(20)24)8-11-18-5-3-4-14-23-18;15-10-5-7-11(8-6-10)17-9-13(16)12-3-1-2-4-14(12)17;1-2-7-5-3-4-6-8-7/h1-7,9-10,12-15H;1-9H;1,3-6H. The molecule has 0 aliphatic carbocycles. The Morgan fingerprint density at radius 2 is 1.02 bits per heavy atom. The smallest absolute Gasteiger partial charge is 0.123 e. The second-order valence-electron chi connectivity index (χ2n) is 10.6. The third-order valence-corrected chi connectivity index (χ3v) is 8.25. The first-order chi connectivity index (χ1) is 24.0. The Hall–Kier alpha value is -6.03. The number of nitrogens with zero attached hydrogens (tertiary/aromatic N) is 4. The zero-order valence-electron chi connectivity index (χ0n) is 26.0. The summed E-state index contributed by atoms with van der Waals surface area (Å²) in [4.78, 5) is 8.09. The van der Waals surface area contributed by atoms with E-state index >= 15 is 0 Å². The molecule has 7 heteroatoms. The molecule has 0 bridgehead atoms. The summed E-state index contributed by atoms with van der Waals surface area (Å²) in [6, 6.07) is 40.4. The van der Waals surface area contributed by atoms with Crippen molar-refractivity contribution in [2.45, 2.75) is 0 Å². The van der Waals surface area contributed by atoms with Gasteiger partial charge in [-0.3, -0.25) is 0 Å². The summed E-state index contributed by atoms with van der Waals surface area (Å²) in [7, 11) is 0. The molecule has 0 aliphatic rings. The van der Waals surface area contributed by atoms with Crippen LogP contribution >= 0.6 is 22.6 Å². The Labute approximate surface area is 296 Å². The van der Waals surface area contributed by atoms with Crippen molar-refractivity contribution in [2.75, 3.05) is 0 Å². The first kappa shape index (κ1) is 32.9. The molecule has 0 aliphatic heterocycles. The molecule has 0 unspecified atom stereocenters. The number of aromatic nitrogens is 4. The molecular weight excluding hydrogens is 725 g/mol. The van der Waals surface area contributed by atoms with Crippen LogP contribution in [0.1, 0.15) is 17.0 Å². The predicted octanol–water partition coefficient (Wildman–Crippen LogP) is 10.0. The lowest BCUT2D eigenvalue weighted by Gasteiger charge is -2.04. The van der Waals surface area contributed by atoms with E-state index in [9.17, 15) is 8.78 Å². The second kappa shape index (κ2) is 15.7. The average molecular weight is 753 g/mol. The van der Waals surface area contributed by atoms with E-state index in [1.54, 1.807) is 42.7 Å². The molecule has 0 atom stereocenters. The van der Waals surface area contributed by atoms with E-state index in [4.69, 9.17) is 6.42 Å². The molecule has 0 N–H and O–H groups in total. The van der Waals surface area contributed by atoms with E-state index in [0.29, 0.717) is 5.69 Å². The van der Waals surface area contributed by atoms with Gasteiger partial charge in [-0.2, -0.15) is 0 Å². The molecule has 0 saturated carbocycles. The summed E-state index contributed by atoms with van der Waals surface area (Å²) in [5.41, 5.74) is 6.39. The van der Waals surface area contributed by atoms with E-state index in [0.717, 1.165) is 39.1 Å². The van der Waals surface area contributed by atoms with Gasteiger partial charge in [0, 0.05) is 50.5 Å². The lowest BCUT2D eigenvalue weighted by atomic mass is 10.2. The minimum atomic E-state index is -0.245. The van der Waals surface area contributed by atoms with E-state index in [-0.39, 0.29) is 11.6 Å². The maximum atomic E-state index is 13.2. The number of benzene rings is 4. The fraction of sp³-hybridized carbons (Fsp3) is 0. The van der Waals surface area contributed by atoms with Gasteiger partial charge in [-0.1, -0.05) is 60.4 Å². The minimum Gasteiger partial charge on any atom is -0.315 e. The zero-order chi connectivity index (χ0) is 34.0. The fourth-order valence-electron chi connectivity index (χ4n) is 5.06. The number of para-hydroxylation sites is 2. The molecule has 0 fully saturated rings. The summed E-state index contributed by atoms with van der Waals surface area (Å²) in [6.45, 7) is 0. The predicted molar refractivity (Wildman–Crippen MR) is 202 cm³/mol. The van der Waals surface area contributed by atoms with Crippen molar-refractivity contribution >= 4 is 44.4 Å². The Kier molecular flexibility index (Phi) is 10.5. The molecule has 0 radical (unpaired) electrons. The molecule has 8 aromatic rings. The van der Waals surface area contributed by atoms with Crippen molar-refractivity contribution in [1.82, 2.24) is 19.1 Å². The Morgan fingerprint density at radius 3 is 1.55 bits per heavy atom. The number of fused-ring (bicyclic) bond motifs is 2. The van der Waals surface area contributed by atoms with Crippen LogP contribution in [0.25, 0.3) is 33.2 Å². The normalized spacial score (nSPS) is 10.2. The fourth-order valence-corrected chi connectivity index (χ4v) is 5.80. The monoisotopic (exact) mass is 752 g/mol. The molecule has 0 saturated heterocycles. The van der Waals surface area contributed by atoms with Gasteiger partial charge in [-0.15, -0.1) is 6.42 Å². The molecule has 4 nitrogen and oxygen atoms in total. The first-order valence-corrected chi connectivity index (χ1v) is 16.3. The van der Waals surface area contributed by atoms with Crippen LogP contribution < -0.4 is 0 Å². The van der Waals surface area contributed by atoms with Crippen molar-refractivity contribution < 1.29 is 8.78 Å². The highest BCUT2D eigenvalue weighted by atomic mass is 127. The van der Waals surface area contributed by atoms with Crippen LogP contribution in [-0.4, -0.2) is 19.1 Å². The van der Waals surface area contributed by atoms with E-state index < -0.39 is 0 Å². The molecule has 8 rings (SSSR count). The highest BCUT2D eigenvalue weighted by molar-refractivity contribution is 14.1. The minimum absolute atomic E-state index is 0.208. The van der Waals surface area contributed by atoms with Gasteiger partial charge in [0.05, 0.1) is 16.6 Å². The largest absolute Gasteiger partial charge is 0.315 e. The number of terminal acetylenes is 1. The van der Waals surface area contributed by atoms with Crippen LogP contribution in [0.2, 0.25) is 0 Å². The van der Waals surface area contributed by atoms with Gasteiger partial charge in [-0.05, 0) is 113 Å². The maximum Gasteiger partial charge on any atom is 0.123 e. The van der Waals surface area contributed by atoms with Crippen LogP contribution in [0.4, 0.5) is 8.78 Å². The van der Waals surface area contributed by atoms with Crippen LogP contribution in [0.5, 0.6) is 0 Å². The van der Waals surface area contributed by atoms with Crippen molar-refractivity contribution in [1.29, 1.82) is 0 Å². The second-order valence-corrected chi connectivity index (χ2v) is 11.7. The molecule has 236 valence electrons. The summed E-state index contributed by atoms with van der Waals surface area (Å²) in [6.07, 6.45) is 12.5. The highest BCUT2D eigenvalue weighted by Crippen LogP contribution is 2.26. The van der Waals surface area contributed by atoms with Crippen LogP contribution in [0, 0.1) is 39.4 Å². The van der Waals surface area contributed by atoms with E-state index in [2.05, 4.69) is 73.2 Å². The molecule has 4 heterocycles. The van der Waals surface area contributed by atoms with Crippen LogP contribution in [-0.2, 0) is 0 Å². The third-order valence-electron chi connectivity index (χ3n) is 7.39. The van der Waals surface area contributed by atoms with Gasteiger partial charge in [0.1, 0.15) is 23.0 Å². The molecule has 0 amide bonds. The lowest BCUT2D eigenvalue weighted by Crippen LogP contribution is -1.91. The number of hydrogen-bond acceptors (Lipinski definition) is 2. The molecule has 49 heavy (non-hydrogen) atoms. The molecule has 4 aromatic heterocycles. The molecular formula is C42H27F2IN4. The van der Waals surface area contributed by atoms with Crippen molar-refractivity contribution in [3.05, 3.63) is 190 Å². The van der Waals surface area contributed by atoms with Gasteiger partial charge in [-0.25, -0.2) is 18.7 Å². The molecule has 4 aromatic carbocycles. The topological polar surface area (TPSA) is 35.6 Å². The van der Waals surface area contributed by atoms with Crippen molar-refractivity contribution in [3.63, 3.8) is 0 Å². The van der Waals surface area contributed by atoms with Gasteiger partial charge >= 0.3 is 0 Å². The zero-order valence-corrected chi connectivity index (χ0v) is 28.2. The summed E-state index contributed by atoms with van der Waals surface area (Å²) in [5, 5.41) is 2.28. The maximum absolute atomic E-state index is 13.2. The van der Waals surface area contributed by atoms with Crippen molar-refractivity contribution in [3.8, 4) is 35.6 Å². The quantitative estimate of drug-likeness (QED) is 0.130. The van der Waals surface area contributed by atoms with Crippen molar-refractivity contribution in [2.24, 2.45) is 0 Å². The van der Waals surface area contributed by atoms with E-state index in [1.807, 2.05) is 77.5 Å². The molecule has 0 spiro atoms.